The highest BCUT2D eigenvalue weighted by Crippen LogP contribution is 2.32. The Morgan fingerprint density at radius 2 is 1.70 bits per heavy atom. The van der Waals surface area contributed by atoms with Gasteiger partial charge >= 0.3 is 0 Å². The van der Waals surface area contributed by atoms with Crippen LogP contribution in [0.3, 0.4) is 0 Å². The van der Waals surface area contributed by atoms with Crippen molar-refractivity contribution in [2.24, 2.45) is 0 Å². The van der Waals surface area contributed by atoms with Crippen molar-refractivity contribution in [2.75, 3.05) is 0 Å². The third-order valence-electron chi connectivity index (χ3n) is 3.41. The van der Waals surface area contributed by atoms with E-state index in [4.69, 9.17) is 16.0 Å². The Balaban J connectivity index is 2.05. The fraction of sp³-hybridized carbons (Fsp3) is 0.176. The maximum absolute atomic E-state index is 10.5. The van der Waals surface area contributed by atoms with Crippen LogP contribution in [-0.4, -0.2) is 5.11 Å². The summed E-state index contributed by atoms with van der Waals surface area (Å²) in [6.45, 7) is 3.99. The lowest BCUT2D eigenvalue weighted by Crippen LogP contribution is -1.99. The van der Waals surface area contributed by atoms with Gasteiger partial charge in [-0.3, -0.25) is 0 Å². The molecule has 1 aromatic heterocycles. The SMILES string of the molecule is Cc1ccc(C(O)c2cc3cc(C)ccc3o2)c(Cl)c1. The van der Waals surface area contributed by atoms with E-state index in [0.29, 0.717) is 16.3 Å². The summed E-state index contributed by atoms with van der Waals surface area (Å²) in [5, 5.41) is 12.0. The molecule has 0 saturated carbocycles. The summed E-state index contributed by atoms with van der Waals surface area (Å²) in [7, 11) is 0. The largest absolute Gasteiger partial charge is 0.458 e. The molecule has 0 radical (unpaired) electrons. The quantitative estimate of drug-likeness (QED) is 0.735. The molecule has 0 aliphatic carbocycles. The lowest BCUT2D eigenvalue weighted by atomic mass is 10.0. The molecule has 1 heterocycles. The molecule has 0 aliphatic heterocycles. The third kappa shape index (κ3) is 2.33. The zero-order valence-corrected chi connectivity index (χ0v) is 12.1. The van der Waals surface area contributed by atoms with E-state index in [0.717, 1.165) is 22.1 Å². The number of benzene rings is 2. The molecule has 2 aromatic carbocycles. The standard InChI is InChI=1S/C17H15ClO2/c1-10-4-6-15-12(7-10)9-16(20-15)17(19)13-5-3-11(2)8-14(13)18/h3-9,17,19H,1-2H3. The second-order valence-electron chi connectivity index (χ2n) is 5.12. The van der Waals surface area contributed by atoms with Gasteiger partial charge in [0.15, 0.2) is 0 Å². The smallest absolute Gasteiger partial charge is 0.138 e. The molecule has 1 N–H and O–H groups in total. The number of fused-ring (bicyclic) bond motifs is 1. The minimum Gasteiger partial charge on any atom is -0.458 e. The molecule has 0 bridgehead atoms. The first-order valence-corrected chi connectivity index (χ1v) is 6.86. The molecule has 20 heavy (non-hydrogen) atoms. The molecular weight excluding hydrogens is 272 g/mol. The Kier molecular flexibility index (Phi) is 3.28. The maximum atomic E-state index is 10.5. The van der Waals surface area contributed by atoms with Crippen molar-refractivity contribution in [3.63, 3.8) is 0 Å². The summed E-state index contributed by atoms with van der Waals surface area (Å²) in [5.74, 6) is 0.511. The van der Waals surface area contributed by atoms with Crippen LogP contribution in [0.4, 0.5) is 0 Å². The molecule has 2 nitrogen and oxygen atoms in total. The summed E-state index contributed by atoms with van der Waals surface area (Å²) >= 11 is 6.20. The zero-order chi connectivity index (χ0) is 14.3. The van der Waals surface area contributed by atoms with Crippen LogP contribution in [-0.2, 0) is 0 Å². The van der Waals surface area contributed by atoms with Crippen LogP contribution in [0.15, 0.2) is 46.9 Å². The van der Waals surface area contributed by atoms with Crippen LogP contribution in [0, 0.1) is 13.8 Å². The first kappa shape index (κ1) is 13.2. The van der Waals surface area contributed by atoms with Crippen molar-refractivity contribution >= 4 is 22.6 Å². The predicted molar refractivity (Wildman–Crippen MR) is 81.2 cm³/mol. The summed E-state index contributed by atoms with van der Waals surface area (Å²) in [5.41, 5.74) is 3.65. The van der Waals surface area contributed by atoms with E-state index in [9.17, 15) is 5.11 Å². The molecule has 0 saturated heterocycles. The highest BCUT2D eigenvalue weighted by molar-refractivity contribution is 6.31. The molecule has 1 unspecified atom stereocenters. The highest BCUT2D eigenvalue weighted by Gasteiger charge is 2.18. The van der Waals surface area contributed by atoms with Crippen LogP contribution < -0.4 is 0 Å². The number of furan rings is 1. The molecule has 3 heteroatoms. The first-order valence-electron chi connectivity index (χ1n) is 6.49. The monoisotopic (exact) mass is 286 g/mol. The third-order valence-corrected chi connectivity index (χ3v) is 3.74. The summed E-state index contributed by atoms with van der Waals surface area (Å²) in [4.78, 5) is 0. The van der Waals surface area contributed by atoms with E-state index in [1.165, 1.54) is 0 Å². The number of rotatable bonds is 2. The minimum absolute atomic E-state index is 0.511. The molecule has 3 aromatic rings. The van der Waals surface area contributed by atoms with Crippen molar-refractivity contribution in [3.05, 3.63) is 69.9 Å². The highest BCUT2D eigenvalue weighted by atomic mass is 35.5. The van der Waals surface area contributed by atoms with Gasteiger partial charge in [-0.25, -0.2) is 0 Å². The normalized spacial score (nSPS) is 12.8. The van der Waals surface area contributed by atoms with Crippen molar-refractivity contribution in [1.82, 2.24) is 0 Å². The lowest BCUT2D eigenvalue weighted by molar-refractivity contribution is 0.192. The molecule has 0 spiro atoms. The number of aryl methyl sites for hydroxylation is 2. The fourth-order valence-electron chi connectivity index (χ4n) is 2.33. The number of hydrogen-bond donors (Lipinski definition) is 1. The Morgan fingerprint density at radius 1 is 1.00 bits per heavy atom. The maximum Gasteiger partial charge on any atom is 0.138 e. The molecule has 3 rings (SSSR count). The van der Waals surface area contributed by atoms with Gasteiger partial charge in [0.05, 0.1) is 0 Å². The van der Waals surface area contributed by atoms with Crippen molar-refractivity contribution in [3.8, 4) is 0 Å². The molecule has 1 atom stereocenters. The minimum atomic E-state index is -0.851. The first-order chi connectivity index (χ1) is 9.54. The lowest BCUT2D eigenvalue weighted by Gasteiger charge is -2.10. The van der Waals surface area contributed by atoms with Crippen LogP contribution in [0.2, 0.25) is 5.02 Å². The van der Waals surface area contributed by atoms with E-state index in [1.54, 1.807) is 0 Å². The number of hydrogen-bond acceptors (Lipinski definition) is 2. The van der Waals surface area contributed by atoms with Crippen LogP contribution in [0.5, 0.6) is 0 Å². The van der Waals surface area contributed by atoms with Crippen LogP contribution in [0.25, 0.3) is 11.0 Å². The summed E-state index contributed by atoms with van der Waals surface area (Å²) in [6, 6.07) is 13.4. The summed E-state index contributed by atoms with van der Waals surface area (Å²) < 4.78 is 5.72. The van der Waals surface area contributed by atoms with Crippen LogP contribution >= 0.6 is 11.6 Å². The van der Waals surface area contributed by atoms with Gasteiger partial charge in [0.2, 0.25) is 0 Å². The Morgan fingerprint density at radius 3 is 2.45 bits per heavy atom. The van der Waals surface area contributed by atoms with Gasteiger partial charge in [0, 0.05) is 16.0 Å². The average Bonchev–Trinajstić information content (AvgIpc) is 2.81. The van der Waals surface area contributed by atoms with E-state index < -0.39 is 6.10 Å². The second-order valence-corrected chi connectivity index (χ2v) is 5.52. The topological polar surface area (TPSA) is 33.4 Å². The van der Waals surface area contributed by atoms with Gasteiger partial charge in [0.1, 0.15) is 17.4 Å². The molecular formula is C17H15ClO2. The molecule has 102 valence electrons. The van der Waals surface area contributed by atoms with E-state index in [2.05, 4.69) is 0 Å². The van der Waals surface area contributed by atoms with Crippen LogP contribution in [0.1, 0.15) is 28.6 Å². The molecule has 0 aliphatic rings. The molecule has 0 amide bonds. The van der Waals surface area contributed by atoms with E-state index in [1.807, 2.05) is 56.3 Å². The Hall–Kier alpha value is -1.77. The Labute approximate surface area is 122 Å². The van der Waals surface area contributed by atoms with Gasteiger partial charge < -0.3 is 9.52 Å². The number of aliphatic hydroxyl groups excluding tert-OH is 1. The van der Waals surface area contributed by atoms with Gasteiger partial charge in [-0.05, 0) is 43.7 Å². The second kappa shape index (κ2) is 4.97. The van der Waals surface area contributed by atoms with E-state index >= 15 is 0 Å². The summed E-state index contributed by atoms with van der Waals surface area (Å²) in [6.07, 6.45) is -0.851. The van der Waals surface area contributed by atoms with Gasteiger partial charge in [-0.15, -0.1) is 0 Å². The van der Waals surface area contributed by atoms with Crippen molar-refractivity contribution < 1.29 is 9.52 Å². The number of halogens is 1. The zero-order valence-electron chi connectivity index (χ0n) is 11.4. The van der Waals surface area contributed by atoms with Gasteiger partial charge in [0.25, 0.3) is 0 Å². The number of aliphatic hydroxyl groups is 1. The van der Waals surface area contributed by atoms with Gasteiger partial charge in [-0.2, -0.15) is 0 Å². The predicted octanol–water partition coefficient (Wildman–Crippen LogP) is 4.78. The molecule has 0 fully saturated rings. The van der Waals surface area contributed by atoms with Crippen molar-refractivity contribution in [2.45, 2.75) is 20.0 Å². The van der Waals surface area contributed by atoms with E-state index in [-0.39, 0.29) is 0 Å². The van der Waals surface area contributed by atoms with Gasteiger partial charge in [-0.1, -0.05) is 35.4 Å². The Bertz CT molecular complexity index is 774. The van der Waals surface area contributed by atoms with Crippen molar-refractivity contribution in [1.29, 1.82) is 0 Å². The average molecular weight is 287 g/mol. The fourth-order valence-corrected chi connectivity index (χ4v) is 2.66.